The summed E-state index contributed by atoms with van der Waals surface area (Å²) in [5, 5.41) is 0.102. The summed E-state index contributed by atoms with van der Waals surface area (Å²) in [4.78, 5) is 11.1. The van der Waals surface area contributed by atoms with Crippen molar-refractivity contribution in [2.75, 3.05) is 6.61 Å². The fourth-order valence-electron chi connectivity index (χ4n) is 2.69. The SMILES string of the molecule is C=C(/C(=C/CCOC(C)=O)B1OC(C)(C)C(C)(C)O1)C(C)O[Si](C)(C)C(C)(C)C. The van der Waals surface area contributed by atoms with E-state index in [9.17, 15) is 4.79 Å². The Morgan fingerprint density at radius 1 is 1.17 bits per heavy atom. The van der Waals surface area contributed by atoms with Gasteiger partial charge in [0, 0.05) is 6.92 Å². The van der Waals surface area contributed by atoms with Crippen LogP contribution in [0.2, 0.25) is 18.1 Å². The molecule has 0 saturated carbocycles. The summed E-state index contributed by atoms with van der Waals surface area (Å²) in [7, 11) is -2.50. The van der Waals surface area contributed by atoms with Gasteiger partial charge in [0.25, 0.3) is 0 Å². The largest absolute Gasteiger partial charge is 0.494 e. The fraction of sp³-hybridized carbons (Fsp3) is 0.773. The summed E-state index contributed by atoms with van der Waals surface area (Å²) in [6, 6.07) is 0. The molecular formula is C22H41BO5Si. The monoisotopic (exact) mass is 424 g/mol. The molecule has 0 aromatic heterocycles. The first-order chi connectivity index (χ1) is 12.9. The van der Waals surface area contributed by atoms with Crippen molar-refractivity contribution in [3.05, 3.63) is 23.7 Å². The molecule has 29 heavy (non-hydrogen) atoms. The van der Waals surface area contributed by atoms with Crippen LogP contribution in [0.4, 0.5) is 0 Å². The predicted molar refractivity (Wildman–Crippen MR) is 122 cm³/mol. The lowest BCUT2D eigenvalue weighted by molar-refractivity contribution is -0.140. The molecule has 0 radical (unpaired) electrons. The number of carbonyl (C=O) groups is 1. The number of hydrogen-bond donors (Lipinski definition) is 0. The smallest absolute Gasteiger partial charge is 0.466 e. The van der Waals surface area contributed by atoms with Crippen LogP contribution in [0.15, 0.2) is 23.7 Å². The molecule has 0 amide bonds. The van der Waals surface area contributed by atoms with E-state index in [0.717, 1.165) is 11.0 Å². The molecule has 7 heteroatoms. The Hall–Kier alpha value is -0.888. The Labute approximate surface area is 179 Å². The number of rotatable bonds is 8. The standard InChI is InChI=1S/C22H41BO5Si/c1-16(17(2)26-29(11,12)20(4,5)6)19(14-13-15-25-18(3)24)23-27-21(7,8)22(9,10)28-23/h14,17H,1,13,15H2,2-12H3/b19-14-. The van der Waals surface area contributed by atoms with E-state index in [-0.39, 0.29) is 17.1 Å². The number of hydrogen-bond acceptors (Lipinski definition) is 5. The molecule has 0 bridgehead atoms. The first-order valence-corrected chi connectivity index (χ1v) is 13.4. The first kappa shape index (κ1) is 26.1. The van der Waals surface area contributed by atoms with Crippen LogP contribution in [0.5, 0.6) is 0 Å². The zero-order valence-corrected chi connectivity index (χ0v) is 21.4. The lowest BCUT2D eigenvalue weighted by Gasteiger charge is -2.39. The van der Waals surface area contributed by atoms with Crippen LogP contribution < -0.4 is 0 Å². The minimum absolute atomic E-state index is 0.102. The molecular weight excluding hydrogens is 383 g/mol. The van der Waals surface area contributed by atoms with Gasteiger partial charge in [-0.05, 0) is 70.2 Å². The number of esters is 1. The Morgan fingerprint density at radius 3 is 2.07 bits per heavy atom. The molecule has 1 aliphatic rings. The van der Waals surface area contributed by atoms with Crippen molar-refractivity contribution in [1.29, 1.82) is 0 Å². The maximum atomic E-state index is 11.1. The molecule has 1 heterocycles. The molecule has 0 aromatic carbocycles. The van der Waals surface area contributed by atoms with Gasteiger partial charge in [0.1, 0.15) is 0 Å². The molecule has 0 N–H and O–H groups in total. The van der Waals surface area contributed by atoms with Crippen molar-refractivity contribution in [1.82, 2.24) is 0 Å². The van der Waals surface area contributed by atoms with Crippen molar-refractivity contribution in [3.63, 3.8) is 0 Å². The number of carbonyl (C=O) groups excluding carboxylic acids is 1. The van der Waals surface area contributed by atoms with Crippen LogP contribution in [0, 0.1) is 0 Å². The average Bonchev–Trinajstić information content (AvgIpc) is 2.72. The van der Waals surface area contributed by atoms with Gasteiger partial charge in [0.2, 0.25) is 0 Å². The van der Waals surface area contributed by atoms with E-state index in [1.54, 1.807) is 0 Å². The van der Waals surface area contributed by atoms with Gasteiger partial charge >= 0.3 is 13.1 Å². The highest BCUT2D eigenvalue weighted by atomic mass is 28.4. The highest BCUT2D eigenvalue weighted by Crippen LogP contribution is 2.42. The van der Waals surface area contributed by atoms with Crippen molar-refractivity contribution in [2.24, 2.45) is 0 Å². The molecule has 1 atom stereocenters. The highest BCUT2D eigenvalue weighted by molar-refractivity contribution is 6.74. The summed E-state index contributed by atoms with van der Waals surface area (Å²) < 4.78 is 24.2. The Morgan fingerprint density at radius 2 is 1.66 bits per heavy atom. The van der Waals surface area contributed by atoms with Gasteiger partial charge in [-0.1, -0.05) is 33.4 Å². The third-order valence-corrected chi connectivity index (χ3v) is 11.0. The summed E-state index contributed by atoms with van der Waals surface area (Å²) in [6.07, 6.45) is 2.39. The highest BCUT2D eigenvalue weighted by Gasteiger charge is 2.53. The van der Waals surface area contributed by atoms with Gasteiger partial charge < -0.3 is 18.5 Å². The topological polar surface area (TPSA) is 54.0 Å². The van der Waals surface area contributed by atoms with E-state index in [4.69, 9.17) is 18.5 Å². The molecule has 5 nitrogen and oxygen atoms in total. The van der Waals surface area contributed by atoms with Crippen LogP contribution >= 0.6 is 0 Å². The molecule has 1 unspecified atom stereocenters. The van der Waals surface area contributed by atoms with Gasteiger partial charge in [-0.3, -0.25) is 4.79 Å². The molecule has 0 aliphatic carbocycles. The van der Waals surface area contributed by atoms with Gasteiger partial charge in [-0.25, -0.2) is 0 Å². The maximum absolute atomic E-state index is 11.1. The fourth-order valence-corrected chi connectivity index (χ4v) is 4.07. The third kappa shape index (κ3) is 6.54. The van der Waals surface area contributed by atoms with E-state index in [1.165, 1.54) is 6.92 Å². The van der Waals surface area contributed by atoms with Crippen molar-refractivity contribution < 1.29 is 23.3 Å². The zero-order valence-electron chi connectivity index (χ0n) is 20.4. The maximum Gasteiger partial charge on any atom is 0.494 e. The van der Waals surface area contributed by atoms with Crippen LogP contribution in [-0.2, 0) is 23.3 Å². The third-order valence-electron chi connectivity index (χ3n) is 6.43. The minimum Gasteiger partial charge on any atom is -0.466 e. The van der Waals surface area contributed by atoms with Crippen molar-refractivity contribution in [2.45, 2.75) is 104 Å². The second kappa shape index (κ2) is 9.08. The minimum atomic E-state index is -1.96. The first-order valence-electron chi connectivity index (χ1n) is 10.5. The van der Waals surface area contributed by atoms with E-state index >= 15 is 0 Å². The van der Waals surface area contributed by atoms with Crippen molar-refractivity contribution >= 4 is 21.4 Å². The summed E-state index contributed by atoms with van der Waals surface area (Å²) in [5.41, 5.74) is 0.811. The van der Waals surface area contributed by atoms with Crippen molar-refractivity contribution in [3.8, 4) is 0 Å². The quantitative estimate of drug-likeness (QED) is 0.224. The lowest BCUT2D eigenvalue weighted by Crippen LogP contribution is -2.44. The second-order valence-electron chi connectivity index (χ2n) is 10.4. The molecule has 166 valence electrons. The lowest BCUT2D eigenvalue weighted by atomic mass is 9.72. The molecule has 0 spiro atoms. The Kier molecular flexibility index (Phi) is 8.19. The molecule has 1 aliphatic heterocycles. The Bertz CT molecular complexity index is 630. The van der Waals surface area contributed by atoms with Gasteiger partial charge in [0.15, 0.2) is 8.32 Å². The van der Waals surface area contributed by atoms with Gasteiger partial charge in [-0.2, -0.15) is 0 Å². The molecule has 1 rings (SSSR count). The van der Waals surface area contributed by atoms with Crippen LogP contribution in [0.3, 0.4) is 0 Å². The van der Waals surface area contributed by atoms with E-state index < -0.39 is 26.6 Å². The Balaban J connectivity index is 3.09. The molecule has 0 aromatic rings. The summed E-state index contributed by atoms with van der Waals surface area (Å²) in [5.74, 6) is -0.288. The van der Waals surface area contributed by atoms with Gasteiger partial charge in [-0.15, -0.1) is 0 Å². The predicted octanol–water partition coefficient (Wildman–Crippen LogP) is 5.46. The van der Waals surface area contributed by atoms with Crippen LogP contribution in [0.1, 0.15) is 68.7 Å². The summed E-state index contributed by atoms with van der Waals surface area (Å²) in [6.45, 7) is 27.3. The second-order valence-corrected chi connectivity index (χ2v) is 15.2. The zero-order chi connectivity index (χ0) is 22.8. The van der Waals surface area contributed by atoms with E-state index in [0.29, 0.717) is 13.0 Å². The van der Waals surface area contributed by atoms with Crippen LogP contribution in [-0.4, -0.2) is 45.3 Å². The number of ether oxygens (including phenoxy) is 1. The van der Waals surface area contributed by atoms with E-state index in [2.05, 4.69) is 40.4 Å². The normalized spacial score (nSPS) is 20.5. The van der Waals surface area contributed by atoms with E-state index in [1.807, 2.05) is 40.7 Å². The molecule has 1 fully saturated rings. The average molecular weight is 424 g/mol. The molecule has 1 saturated heterocycles. The summed E-state index contributed by atoms with van der Waals surface area (Å²) >= 11 is 0. The van der Waals surface area contributed by atoms with Gasteiger partial charge in [0.05, 0.1) is 23.9 Å². The van der Waals surface area contributed by atoms with Crippen LogP contribution in [0.25, 0.3) is 0 Å².